The number of rotatable bonds is 6. The van der Waals surface area contributed by atoms with Crippen LogP contribution >= 0.6 is 11.8 Å². The van der Waals surface area contributed by atoms with E-state index in [0.29, 0.717) is 5.75 Å². The van der Waals surface area contributed by atoms with Crippen LogP contribution in [-0.2, 0) is 9.84 Å². The van der Waals surface area contributed by atoms with Gasteiger partial charge >= 0.3 is 0 Å². The van der Waals surface area contributed by atoms with Gasteiger partial charge in [-0.3, -0.25) is 0 Å². The Morgan fingerprint density at radius 2 is 2.06 bits per heavy atom. The predicted molar refractivity (Wildman–Crippen MR) is 76.1 cm³/mol. The molecule has 0 fully saturated rings. The minimum Gasteiger partial charge on any atom is -0.373 e. The fourth-order valence-electron chi connectivity index (χ4n) is 1.50. The molecule has 0 atom stereocenters. The largest absolute Gasteiger partial charge is 0.373 e. The zero-order valence-electron chi connectivity index (χ0n) is 11.1. The van der Waals surface area contributed by atoms with Crippen molar-refractivity contribution >= 4 is 27.4 Å². The van der Waals surface area contributed by atoms with Crippen LogP contribution in [0.1, 0.15) is 25.3 Å². The summed E-state index contributed by atoms with van der Waals surface area (Å²) in [6.45, 7) is 4.14. The number of nitrogens with one attached hydrogen (secondary N) is 1. The maximum atomic E-state index is 11.1. The molecule has 18 heavy (non-hydrogen) atoms. The summed E-state index contributed by atoms with van der Waals surface area (Å²) in [5, 5.41) is 3.90. The van der Waals surface area contributed by atoms with E-state index in [1.165, 1.54) is 24.3 Å². The first-order valence-corrected chi connectivity index (χ1v) is 8.73. The van der Waals surface area contributed by atoms with E-state index in [9.17, 15) is 8.42 Å². The Bertz CT molecular complexity index is 501. The highest BCUT2D eigenvalue weighted by atomic mass is 32.2. The number of nitrogens with zero attached hydrogens (tertiary/aromatic N) is 2. The van der Waals surface area contributed by atoms with Crippen molar-refractivity contribution in [2.75, 3.05) is 30.1 Å². The molecule has 0 aliphatic rings. The van der Waals surface area contributed by atoms with Gasteiger partial charge in [0.15, 0.2) is 0 Å². The highest BCUT2D eigenvalue weighted by Gasteiger charge is 2.15. The molecule has 1 aromatic heterocycles. The van der Waals surface area contributed by atoms with Crippen molar-refractivity contribution in [3.05, 3.63) is 11.9 Å². The average Bonchev–Trinajstić information content (AvgIpc) is 2.26. The second kappa shape index (κ2) is 6.38. The summed E-state index contributed by atoms with van der Waals surface area (Å²) < 4.78 is 22.2. The van der Waals surface area contributed by atoms with Gasteiger partial charge in [-0.05, 0) is 5.92 Å². The molecule has 1 aromatic rings. The van der Waals surface area contributed by atoms with E-state index in [4.69, 9.17) is 0 Å². The molecule has 1 N–H and O–H groups in total. The lowest BCUT2D eigenvalue weighted by molar-refractivity contribution is 0.603. The van der Waals surface area contributed by atoms with Crippen molar-refractivity contribution < 1.29 is 8.42 Å². The molecule has 1 rings (SSSR count). The van der Waals surface area contributed by atoms with Gasteiger partial charge in [0, 0.05) is 24.6 Å². The SMILES string of the molecule is CNc1ncnc(SCCS(C)(=O)=O)c1C(C)C. The van der Waals surface area contributed by atoms with Crippen LogP contribution in [0, 0.1) is 0 Å². The number of hydrogen-bond donors (Lipinski definition) is 1. The fourth-order valence-corrected chi connectivity index (χ4v) is 3.85. The Hall–Kier alpha value is -0.820. The maximum Gasteiger partial charge on any atom is 0.148 e. The van der Waals surface area contributed by atoms with Crippen molar-refractivity contribution in [2.24, 2.45) is 0 Å². The Morgan fingerprint density at radius 3 is 2.56 bits per heavy atom. The molecule has 0 amide bonds. The Kier molecular flexibility index (Phi) is 5.40. The van der Waals surface area contributed by atoms with Crippen LogP contribution in [0.3, 0.4) is 0 Å². The second-order valence-electron chi connectivity index (χ2n) is 4.32. The van der Waals surface area contributed by atoms with Gasteiger partial charge in [-0.15, -0.1) is 11.8 Å². The minimum atomic E-state index is -2.92. The average molecular weight is 289 g/mol. The van der Waals surface area contributed by atoms with Crippen LogP contribution in [0.2, 0.25) is 0 Å². The van der Waals surface area contributed by atoms with E-state index in [1.807, 2.05) is 7.05 Å². The standard InChI is InChI=1S/C11H19N3O2S2/c1-8(2)9-10(12-3)13-7-14-11(9)17-5-6-18(4,15)16/h7-8H,5-6H2,1-4H3,(H,12,13,14). The van der Waals surface area contributed by atoms with Crippen molar-refractivity contribution in [1.82, 2.24) is 9.97 Å². The van der Waals surface area contributed by atoms with Crippen LogP contribution in [0.5, 0.6) is 0 Å². The lowest BCUT2D eigenvalue weighted by Crippen LogP contribution is -2.07. The lowest BCUT2D eigenvalue weighted by Gasteiger charge is -2.14. The minimum absolute atomic E-state index is 0.161. The monoisotopic (exact) mass is 289 g/mol. The van der Waals surface area contributed by atoms with Crippen molar-refractivity contribution in [3.63, 3.8) is 0 Å². The molecule has 1 heterocycles. The molecular weight excluding hydrogens is 270 g/mol. The fraction of sp³-hybridized carbons (Fsp3) is 0.636. The summed E-state index contributed by atoms with van der Waals surface area (Å²) in [4.78, 5) is 8.43. The Labute approximate surface area is 113 Å². The van der Waals surface area contributed by atoms with Gasteiger partial charge in [0.2, 0.25) is 0 Å². The number of thioether (sulfide) groups is 1. The van der Waals surface area contributed by atoms with Gasteiger partial charge in [-0.1, -0.05) is 13.8 Å². The quantitative estimate of drug-likeness (QED) is 0.636. The molecule has 0 saturated heterocycles. The second-order valence-corrected chi connectivity index (χ2v) is 7.67. The first-order valence-electron chi connectivity index (χ1n) is 5.68. The summed E-state index contributed by atoms with van der Waals surface area (Å²) in [6, 6.07) is 0. The van der Waals surface area contributed by atoms with Crippen molar-refractivity contribution in [1.29, 1.82) is 0 Å². The maximum absolute atomic E-state index is 11.1. The number of aromatic nitrogens is 2. The van der Waals surface area contributed by atoms with E-state index >= 15 is 0 Å². The van der Waals surface area contributed by atoms with Gasteiger partial charge in [0.05, 0.1) is 5.75 Å². The summed E-state index contributed by atoms with van der Waals surface area (Å²) in [5.74, 6) is 1.77. The molecule has 7 heteroatoms. The van der Waals surface area contributed by atoms with E-state index in [-0.39, 0.29) is 11.7 Å². The molecule has 0 aliphatic carbocycles. The van der Waals surface area contributed by atoms with Crippen LogP contribution in [0.25, 0.3) is 0 Å². The normalized spacial score (nSPS) is 11.8. The third kappa shape index (κ3) is 4.45. The van der Waals surface area contributed by atoms with Crippen molar-refractivity contribution in [2.45, 2.75) is 24.8 Å². The molecule has 102 valence electrons. The third-order valence-corrected chi connectivity index (χ3v) is 4.57. The van der Waals surface area contributed by atoms with Crippen LogP contribution < -0.4 is 5.32 Å². The van der Waals surface area contributed by atoms with Gasteiger partial charge in [0.1, 0.15) is 27.0 Å². The molecule has 0 radical (unpaired) electrons. The zero-order chi connectivity index (χ0) is 13.8. The zero-order valence-corrected chi connectivity index (χ0v) is 12.7. The molecule has 0 saturated carbocycles. The van der Waals surface area contributed by atoms with Crippen LogP contribution in [0.15, 0.2) is 11.4 Å². The van der Waals surface area contributed by atoms with Crippen LogP contribution in [0.4, 0.5) is 5.82 Å². The highest BCUT2D eigenvalue weighted by molar-refractivity contribution is 8.00. The topological polar surface area (TPSA) is 72.0 Å². The first kappa shape index (κ1) is 15.2. The number of anilines is 1. The molecule has 0 spiro atoms. The summed E-state index contributed by atoms with van der Waals surface area (Å²) in [5.41, 5.74) is 1.04. The van der Waals surface area contributed by atoms with Crippen LogP contribution in [-0.4, -0.2) is 43.2 Å². The summed E-state index contributed by atoms with van der Waals surface area (Å²) >= 11 is 1.46. The number of hydrogen-bond acceptors (Lipinski definition) is 6. The van der Waals surface area contributed by atoms with E-state index in [2.05, 4.69) is 29.1 Å². The van der Waals surface area contributed by atoms with E-state index in [1.54, 1.807) is 0 Å². The van der Waals surface area contributed by atoms with Gasteiger partial charge in [-0.25, -0.2) is 18.4 Å². The molecule has 0 unspecified atom stereocenters. The first-order chi connectivity index (χ1) is 8.35. The predicted octanol–water partition coefficient (Wildman–Crippen LogP) is 1.78. The van der Waals surface area contributed by atoms with Gasteiger partial charge < -0.3 is 5.32 Å². The van der Waals surface area contributed by atoms with Crippen molar-refractivity contribution in [3.8, 4) is 0 Å². The summed E-state index contributed by atoms with van der Waals surface area (Å²) in [7, 11) is -1.10. The smallest absolute Gasteiger partial charge is 0.148 e. The summed E-state index contributed by atoms with van der Waals surface area (Å²) in [6.07, 6.45) is 2.75. The van der Waals surface area contributed by atoms with Gasteiger partial charge in [-0.2, -0.15) is 0 Å². The van der Waals surface area contributed by atoms with E-state index in [0.717, 1.165) is 16.4 Å². The highest BCUT2D eigenvalue weighted by Crippen LogP contribution is 2.30. The molecule has 0 aliphatic heterocycles. The molecule has 0 aromatic carbocycles. The molecule has 0 bridgehead atoms. The molecular formula is C11H19N3O2S2. The Balaban J connectivity index is 2.88. The third-order valence-electron chi connectivity index (χ3n) is 2.35. The van der Waals surface area contributed by atoms with Gasteiger partial charge in [0.25, 0.3) is 0 Å². The molecule has 5 nitrogen and oxygen atoms in total. The Morgan fingerprint density at radius 1 is 1.39 bits per heavy atom. The van der Waals surface area contributed by atoms with E-state index < -0.39 is 9.84 Å². The number of sulfone groups is 1. The lowest BCUT2D eigenvalue weighted by atomic mass is 10.1.